The van der Waals surface area contributed by atoms with Crippen LogP contribution in [0.5, 0.6) is 0 Å². The summed E-state index contributed by atoms with van der Waals surface area (Å²) in [5.41, 5.74) is 1.11. The van der Waals surface area contributed by atoms with Gasteiger partial charge in [0.25, 0.3) is 0 Å². The lowest BCUT2D eigenvalue weighted by molar-refractivity contribution is -0.116. The molecule has 1 aliphatic rings. The van der Waals surface area contributed by atoms with Gasteiger partial charge in [-0.3, -0.25) is 10.1 Å². The van der Waals surface area contributed by atoms with Crippen LogP contribution in [0.2, 0.25) is 0 Å². The van der Waals surface area contributed by atoms with E-state index in [1.54, 1.807) is 17.4 Å². The van der Waals surface area contributed by atoms with E-state index in [0.29, 0.717) is 0 Å². The first-order valence-electron chi connectivity index (χ1n) is 4.25. The number of rotatable bonds is 1. The Kier molecular flexibility index (Phi) is 2.29. The van der Waals surface area contributed by atoms with Gasteiger partial charge in [-0.25, -0.2) is 0 Å². The van der Waals surface area contributed by atoms with Crippen LogP contribution >= 0.6 is 11.3 Å². The molecule has 0 radical (unpaired) electrons. The molecule has 13 heavy (non-hydrogen) atoms. The zero-order chi connectivity index (χ0) is 9.26. The van der Waals surface area contributed by atoms with Crippen LogP contribution in [0.4, 0.5) is 0 Å². The highest BCUT2D eigenvalue weighted by molar-refractivity contribution is 7.10. The Labute approximate surface area is 81.3 Å². The molecular formula is C10H11NOS. The molecule has 2 rings (SSSR count). The first-order chi connectivity index (χ1) is 6.27. The topological polar surface area (TPSA) is 29.1 Å². The number of hydrogen-bond acceptors (Lipinski definition) is 3. The van der Waals surface area contributed by atoms with Gasteiger partial charge in [-0.05, 0) is 24.4 Å². The highest BCUT2D eigenvalue weighted by Crippen LogP contribution is 2.22. The molecule has 1 aromatic heterocycles. The van der Waals surface area contributed by atoms with Crippen LogP contribution in [0.25, 0.3) is 0 Å². The largest absolute Gasteiger partial charge is 0.299 e. The van der Waals surface area contributed by atoms with Crippen molar-refractivity contribution in [2.45, 2.75) is 13.0 Å². The van der Waals surface area contributed by atoms with Crippen LogP contribution in [0.1, 0.15) is 17.8 Å². The van der Waals surface area contributed by atoms with Gasteiger partial charge >= 0.3 is 0 Å². The van der Waals surface area contributed by atoms with Crippen molar-refractivity contribution in [1.82, 2.24) is 5.32 Å². The van der Waals surface area contributed by atoms with Crippen LogP contribution in [0.15, 0.2) is 29.2 Å². The fourth-order valence-corrected chi connectivity index (χ4v) is 2.24. The molecule has 1 unspecified atom stereocenters. The first-order valence-corrected chi connectivity index (χ1v) is 5.13. The Bertz CT molecular complexity index is 340. The van der Waals surface area contributed by atoms with Crippen LogP contribution in [-0.2, 0) is 4.79 Å². The molecule has 1 atom stereocenters. The number of thiophene rings is 1. The summed E-state index contributed by atoms with van der Waals surface area (Å²) in [5, 5.41) is 5.21. The smallest absolute Gasteiger partial charge is 0.177 e. The normalized spacial score (nSPS) is 23.0. The predicted octanol–water partition coefficient (Wildman–Crippen LogP) is 1.91. The fourth-order valence-electron chi connectivity index (χ4n) is 1.44. The van der Waals surface area contributed by atoms with Gasteiger partial charge in [0.2, 0.25) is 0 Å². The highest BCUT2D eigenvalue weighted by atomic mass is 32.1. The summed E-state index contributed by atoms with van der Waals surface area (Å²) in [4.78, 5) is 12.7. The van der Waals surface area contributed by atoms with Crippen LogP contribution in [0.3, 0.4) is 0 Å². The zero-order valence-corrected chi connectivity index (χ0v) is 8.23. The van der Waals surface area contributed by atoms with Crippen molar-refractivity contribution in [3.63, 3.8) is 0 Å². The molecule has 0 bridgehead atoms. The predicted molar refractivity (Wildman–Crippen MR) is 53.8 cm³/mol. The second kappa shape index (κ2) is 3.44. The third-order valence-electron chi connectivity index (χ3n) is 2.09. The summed E-state index contributed by atoms with van der Waals surface area (Å²) in [6.45, 7) is 2.78. The van der Waals surface area contributed by atoms with Crippen LogP contribution < -0.4 is 5.32 Å². The zero-order valence-electron chi connectivity index (χ0n) is 7.41. The van der Waals surface area contributed by atoms with Gasteiger partial charge in [0, 0.05) is 11.4 Å². The summed E-state index contributed by atoms with van der Waals surface area (Å²) in [6.07, 6.45) is 1.74. The number of ketones is 1. The van der Waals surface area contributed by atoms with Crippen LogP contribution in [0, 0.1) is 0 Å². The van der Waals surface area contributed by atoms with E-state index < -0.39 is 0 Å². The van der Waals surface area contributed by atoms with Gasteiger partial charge in [-0.2, -0.15) is 0 Å². The maximum Gasteiger partial charge on any atom is 0.177 e. The molecule has 0 spiro atoms. The minimum atomic E-state index is -0.108. The van der Waals surface area contributed by atoms with E-state index in [4.69, 9.17) is 0 Å². The lowest BCUT2D eigenvalue weighted by Crippen LogP contribution is -2.32. The summed E-state index contributed by atoms with van der Waals surface area (Å²) in [5.74, 6) is 0.172. The van der Waals surface area contributed by atoms with Gasteiger partial charge < -0.3 is 0 Å². The van der Waals surface area contributed by atoms with E-state index in [0.717, 1.165) is 17.0 Å². The standard InChI is InChI=1S/C10H11NOS/c1-7-5-8(12)10(11-6-7)9-3-2-4-13-9/h2-5,10-11H,6H2,1H3. The average Bonchev–Trinajstić information content (AvgIpc) is 2.56. The molecule has 68 valence electrons. The maximum atomic E-state index is 11.6. The minimum Gasteiger partial charge on any atom is -0.299 e. The summed E-state index contributed by atoms with van der Waals surface area (Å²) in [7, 11) is 0. The van der Waals surface area contributed by atoms with E-state index in [1.165, 1.54) is 0 Å². The first kappa shape index (κ1) is 8.66. The van der Waals surface area contributed by atoms with Crippen molar-refractivity contribution < 1.29 is 4.79 Å². The summed E-state index contributed by atoms with van der Waals surface area (Å²) in [6, 6.07) is 3.86. The molecule has 0 aliphatic carbocycles. The van der Waals surface area contributed by atoms with Gasteiger partial charge in [0.1, 0.15) is 6.04 Å². The van der Waals surface area contributed by atoms with Crippen molar-refractivity contribution in [1.29, 1.82) is 0 Å². The lowest BCUT2D eigenvalue weighted by Gasteiger charge is -2.19. The summed E-state index contributed by atoms with van der Waals surface area (Å²) >= 11 is 1.62. The van der Waals surface area contributed by atoms with Crippen LogP contribution in [-0.4, -0.2) is 12.3 Å². The molecule has 0 amide bonds. The monoisotopic (exact) mass is 193 g/mol. The average molecular weight is 193 g/mol. The van der Waals surface area contributed by atoms with Crippen molar-refractivity contribution in [2.24, 2.45) is 0 Å². The number of nitrogens with one attached hydrogen (secondary N) is 1. The van der Waals surface area contributed by atoms with E-state index in [1.807, 2.05) is 24.4 Å². The second-order valence-electron chi connectivity index (χ2n) is 3.22. The fraction of sp³-hybridized carbons (Fsp3) is 0.300. The quantitative estimate of drug-likeness (QED) is 0.738. The summed E-state index contributed by atoms with van der Waals surface area (Å²) < 4.78 is 0. The molecular weight excluding hydrogens is 182 g/mol. The number of carbonyl (C=O) groups excluding carboxylic acids is 1. The number of hydrogen-bond donors (Lipinski definition) is 1. The Hall–Kier alpha value is -0.930. The maximum absolute atomic E-state index is 11.6. The Morgan fingerprint density at radius 3 is 3.08 bits per heavy atom. The molecule has 3 heteroatoms. The molecule has 0 aromatic carbocycles. The molecule has 1 aromatic rings. The minimum absolute atomic E-state index is 0.108. The van der Waals surface area contributed by atoms with Crippen molar-refractivity contribution in [3.05, 3.63) is 34.0 Å². The van der Waals surface area contributed by atoms with E-state index in [2.05, 4.69) is 5.32 Å². The van der Waals surface area contributed by atoms with Crippen molar-refractivity contribution >= 4 is 17.1 Å². The van der Waals surface area contributed by atoms with Gasteiger partial charge in [0.15, 0.2) is 5.78 Å². The highest BCUT2D eigenvalue weighted by Gasteiger charge is 2.22. The van der Waals surface area contributed by atoms with E-state index in [-0.39, 0.29) is 11.8 Å². The lowest BCUT2D eigenvalue weighted by atomic mass is 10.0. The SMILES string of the molecule is CC1=CC(=O)C(c2cccs2)NC1. The molecule has 0 saturated carbocycles. The van der Waals surface area contributed by atoms with Gasteiger partial charge in [-0.1, -0.05) is 11.6 Å². The Balaban J connectivity index is 2.24. The van der Waals surface area contributed by atoms with E-state index in [9.17, 15) is 4.79 Å². The molecule has 2 nitrogen and oxygen atoms in total. The van der Waals surface area contributed by atoms with E-state index >= 15 is 0 Å². The third-order valence-corrected chi connectivity index (χ3v) is 3.02. The Morgan fingerprint density at radius 2 is 2.46 bits per heavy atom. The Morgan fingerprint density at radius 1 is 1.62 bits per heavy atom. The third kappa shape index (κ3) is 1.71. The van der Waals surface area contributed by atoms with Crippen molar-refractivity contribution in [2.75, 3.05) is 6.54 Å². The molecule has 1 aliphatic heterocycles. The molecule has 1 N–H and O–H groups in total. The second-order valence-corrected chi connectivity index (χ2v) is 4.20. The molecule has 0 saturated heterocycles. The molecule has 0 fully saturated rings. The van der Waals surface area contributed by atoms with Gasteiger partial charge in [0.05, 0.1) is 0 Å². The number of carbonyl (C=O) groups is 1. The van der Waals surface area contributed by atoms with Gasteiger partial charge in [-0.15, -0.1) is 11.3 Å². The van der Waals surface area contributed by atoms with Crippen molar-refractivity contribution in [3.8, 4) is 0 Å². The molecule has 2 heterocycles.